The number of guanidine groups is 1. The zero-order valence-corrected chi connectivity index (χ0v) is 14.2. The number of hydrogen-bond donors (Lipinski definition) is 2. The molecule has 0 radical (unpaired) electrons. The molecule has 22 heavy (non-hydrogen) atoms. The molecule has 0 atom stereocenters. The molecule has 0 aliphatic carbocycles. The van der Waals surface area contributed by atoms with Crippen LogP contribution >= 0.6 is 11.3 Å². The average molecular weight is 317 g/mol. The summed E-state index contributed by atoms with van der Waals surface area (Å²) in [6.45, 7) is 8.27. The van der Waals surface area contributed by atoms with Crippen LogP contribution in [0.2, 0.25) is 0 Å². The zero-order valence-electron chi connectivity index (χ0n) is 13.4. The summed E-state index contributed by atoms with van der Waals surface area (Å²) in [5, 5.41) is 7.64. The van der Waals surface area contributed by atoms with Crippen molar-refractivity contribution in [2.75, 3.05) is 6.54 Å². The van der Waals surface area contributed by atoms with E-state index in [4.69, 9.17) is 0 Å². The first-order valence-electron chi connectivity index (χ1n) is 7.59. The normalized spacial score (nSPS) is 11.5. The van der Waals surface area contributed by atoms with Crippen molar-refractivity contribution in [1.29, 1.82) is 0 Å². The average Bonchev–Trinajstić information content (AvgIpc) is 2.98. The Hall–Kier alpha value is -1.95. The summed E-state index contributed by atoms with van der Waals surface area (Å²) in [5.74, 6) is 0.791. The van der Waals surface area contributed by atoms with E-state index in [1.807, 2.05) is 31.3 Å². The Labute approximate surface area is 135 Å². The predicted molar refractivity (Wildman–Crippen MR) is 92.1 cm³/mol. The molecule has 0 bridgehead atoms. The standard InChI is InChI=1S/C16H23N5S/c1-4-14-10-18-15(22-14)11-20-16(17-5-2)19-9-13-8-6-7-12(3)21-13/h6-8,10H,4-5,9,11H2,1-3H3,(H2,17,19,20). The largest absolute Gasteiger partial charge is 0.357 e. The lowest BCUT2D eigenvalue weighted by Crippen LogP contribution is -2.36. The number of rotatable bonds is 6. The third kappa shape index (κ3) is 5.11. The SMILES string of the molecule is CCNC(=NCc1cccc(C)n1)NCc1ncc(CC)s1. The Kier molecular flexibility index (Phi) is 6.33. The molecule has 118 valence electrons. The highest BCUT2D eigenvalue weighted by atomic mass is 32.1. The maximum atomic E-state index is 4.58. The van der Waals surface area contributed by atoms with Crippen molar-refractivity contribution < 1.29 is 0 Å². The molecule has 2 rings (SSSR count). The lowest BCUT2D eigenvalue weighted by atomic mass is 10.3. The predicted octanol–water partition coefficient (Wildman–Crippen LogP) is 2.66. The van der Waals surface area contributed by atoms with Gasteiger partial charge in [0.1, 0.15) is 5.01 Å². The number of aliphatic imine (C=N–C) groups is 1. The first kappa shape index (κ1) is 16.4. The molecule has 2 aromatic heterocycles. The Morgan fingerprint density at radius 3 is 2.82 bits per heavy atom. The minimum Gasteiger partial charge on any atom is -0.357 e. The van der Waals surface area contributed by atoms with Gasteiger partial charge in [0.2, 0.25) is 0 Å². The molecule has 0 fully saturated rings. The van der Waals surface area contributed by atoms with Crippen LogP contribution in [0.3, 0.4) is 0 Å². The Morgan fingerprint density at radius 1 is 1.27 bits per heavy atom. The minimum absolute atomic E-state index is 0.565. The number of hydrogen-bond acceptors (Lipinski definition) is 4. The smallest absolute Gasteiger partial charge is 0.191 e. The fraction of sp³-hybridized carbons (Fsp3) is 0.438. The van der Waals surface area contributed by atoms with E-state index in [9.17, 15) is 0 Å². The lowest BCUT2D eigenvalue weighted by Gasteiger charge is -2.10. The summed E-state index contributed by atoms with van der Waals surface area (Å²) in [6, 6.07) is 5.99. The molecule has 0 aromatic carbocycles. The maximum Gasteiger partial charge on any atom is 0.191 e. The molecular weight excluding hydrogens is 294 g/mol. The second kappa shape index (κ2) is 8.48. The Morgan fingerprint density at radius 2 is 2.14 bits per heavy atom. The molecule has 0 saturated heterocycles. The topological polar surface area (TPSA) is 62.2 Å². The van der Waals surface area contributed by atoms with Gasteiger partial charge in [-0.15, -0.1) is 11.3 Å². The van der Waals surface area contributed by atoms with Crippen molar-refractivity contribution in [1.82, 2.24) is 20.6 Å². The zero-order chi connectivity index (χ0) is 15.8. The van der Waals surface area contributed by atoms with Gasteiger partial charge in [-0.2, -0.15) is 0 Å². The van der Waals surface area contributed by atoms with Gasteiger partial charge in [0.15, 0.2) is 5.96 Å². The highest BCUT2D eigenvalue weighted by molar-refractivity contribution is 7.11. The van der Waals surface area contributed by atoms with Gasteiger partial charge in [-0.25, -0.2) is 9.98 Å². The van der Waals surface area contributed by atoms with Crippen LogP contribution in [0, 0.1) is 6.92 Å². The van der Waals surface area contributed by atoms with E-state index in [2.05, 4.69) is 39.4 Å². The van der Waals surface area contributed by atoms with Gasteiger partial charge in [0.25, 0.3) is 0 Å². The van der Waals surface area contributed by atoms with Gasteiger partial charge < -0.3 is 10.6 Å². The van der Waals surface area contributed by atoms with Crippen molar-refractivity contribution in [3.8, 4) is 0 Å². The van der Waals surface area contributed by atoms with Crippen LogP contribution in [0.1, 0.15) is 35.1 Å². The maximum absolute atomic E-state index is 4.58. The molecule has 6 heteroatoms. The highest BCUT2D eigenvalue weighted by Gasteiger charge is 2.03. The molecule has 5 nitrogen and oxygen atoms in total. The van der Waals surface area contributed by atoms with Crippen molar-refractivity contribution >= 4 is 17.3 Å². The fourth-order valence-electron chi connectivity index (χ4n) is 1.94. The lowest BCUT2D eigenvalue weighted by molar-refractivity contribution is 0.807. The number of aromatic nitrogens is 2. The molecule has 0 aliphatic rings. The van der Waals surface area contributed by atoms with Crippen LogP contribution in [0.4, 0.5) is 0 Å². The summed E-state index contributed by atoms with van der Waals surface area (Å²) in [4.78, 5) is 14.8. The van der Waals surface area contributed by atoms with E-state index in [0.29, 0.717) is 13.1 Å². The molecule has 2 heterocycles. The van der Waals surface area contributed by atoms with Crippen molar-refractivity contribution in [3.05, 3.63) is 45.7 Å². The molecule has 0 spiro atoms. The number of nitrogens with zero attached hydrogens (tertiary/aromatic N) is 3. The van der Waals surface area contributed by atoms with Gasteiger partial charge in [-0.3, -0.25) is 4.98 Å². The van der Waals surface area contributed by atoms with E-state index in [0.717, 1.165) is 35.3 Å². The summed E-state index contributed by atoms with van der Waals surface area (Å²) in [6.07, 6.45) is 2.98. The number of aryl methyl sites for hydroxylation is 2. The summed E-state index contributed by atoms with van der Waals surface area (Å²) >= 11 is 1.74. The molecule has 0 aliphatic heterocycles. The van der Waals surface area contributed by atoms with Gasteiger partial charge in [0, 0.05) is 23.3 Å². The van der Waals surface area contributed by atoms with Crippen molar-refractivity contribution in [2.24, 2.45) is 4.99 Å². The summed E-state index contributed by atoms with van der Waals surface area (Å²) in [5.41, 5.74) is 1.99. The van der Waals surface area contributed by atoms with Crippen LogP contribution < -0.4 is 10.6 Å². The summed E-state index contributed by atoms with van der Waals surface area (Å²) < 4.78 is 0. The third-order valence-corrected chi connectivity index (χ3v) is 4.19. The van der Waals surface area contributed by atoms with Crippen molar-refractivity contribution in [3.63, 3.8) is 0 Å². The minimum atomic E-state index is 0.565. The van der Waals surface area contributed by atoms with Gasteiger partial charge >= 0.3 is 0 Å². The first-order chi connectivity index (χ1) is 10.7. The Balaban J connectivity index is 1.94. The quantitative estimate of drug-likeness (QED) is 0.635. The van der Waals surface area contributed by atoms with Crippen LogP contribution in [0.25, 0.3) is 0 Å². The number of pyridine rings is 1. The van der Waals surface area contributed by atoms with Gasteiger partial charge in [0.05, 0.1) is 18.8 Å². The molecule has 0 unspecified atom stereocenters. The number of thiazole rings is 1. The summed E-state index contributed by atoms with van der Waals surface area (Å²) in [7, 11) is 0. The third-order valence-electron chi connectivity index (χ3n) is 3.05. The number of nitrogens with one attached hydrogen (secondary N) is 2. The fourth-order valence-corrected chi connectivity index (χ4v) is 2.74. The molecular formula is C16H23N5S. The van der Waals surface area contributed by atoms with Crippen LogP contribution in [0.5, 0.6) is 0 Å². The second-order valence-electron chi connectivity index (χ2n) is 4.89. The monoisotopic (exact) mass is 317 g/mol. The Bertz CT molecular complexity index is 621. The van der Waals surface area contributed by atoms with Gasteiger partial charge in [-0.1, -0.05) is 13.0 Å². The van der Waals surface area contributed by atoms with Crippen molar-refractivity contribution in [2.45, 2.75) is 40.3 Å². The van der Waals surface area contributed by atoms with Gasteiger partial charge in [-0.05, 0) is 32.4 Å². The first-order valence-corrected chi connectivity index (χ1v) is 8.41. The van der Waals surface area contributed by atoms with Crippen LogP contribution in [-0.2, 0) is 19.5 Å². The van der Waals surface area contributed by atoms with E-state index < -0.39 is 0 Å². The molecule has 0 saturated carbocycles. The molecule has 2 aromatic rings. The van der Waals surface area contributed by atoms with Crippen LogP contribution in [0.15, 0.2) is 29.4 Å². The molecule has 0 amide bonds. The highest BCUT2D eigenvalue weighted by Crippen LogP contribution is 2.12. The van der Waals surface area contributed by atoms with E-state index in [1.54, 1.807) is 11.3 Å². The van der Waals surface area contributed by atoms with E-state index in [-0.39, 0.29) is 0 Å². The van der Waals surface area contributed by atoms with Crippen LogP contribution in [-0.4, -0.2) is 22.5 Å². The second-order valence-corrected chi connectivity index (χ2v) is 6.09. The van der Waals surface area contributed by atoms with E-state index >= 15 is 0 Å². The molecule has 2 N–H and O–H groups in total. The van der Waals surface area contributed by atoms with E-state index in [1.165, 1.54) is 4.88 Å².